The molecule has 0 bridgehead atoms. The van der Waals surface area contributed by atoms with Crippen LogP contribution >= 0.6 is 0 Å². The molecule has 0 aromatic heterocycles. The van der Waals surface area contributed by atoms with Crippen molar-refractivity contribution in [1.82, 2.24) is 0 Å². The normalized spacial score (nSPS) is 16.7. The van der Waals surface area contributed by atoms with Crippen LogP contribution in [0.1, 0.15) is 94.0 Å². The van der Waals surface area contributed by atoms with Gasteiger partial charge in [-0.1, -0.05) is 70.2 Å². The number of carbonyl (C=O) groups excluding carboxylic acids is 1. The fourth-order valence-electron chi connectivity index (χ4n) is 5.12. The second-order valence-corrected chi connectivity index (χ2v) is 9.95. The first-order valence-corrected chi connectivity index (χ1v) is 13.2. The molecule has 1 fully saturated rings. The zero-order valence-electron chi connectivity index (χ0n) is 22.3. The lowest BCUT2D eigenvalue weighted by atomic mass is 9.70. The van der Waals surface area contributed by atoms with Crippen LogP contribution in [0.4, 0.5) is 0 Å². The highest BCUT2D eigenvalue weighted by Crippen LogP contribution is 2.41. The van der Waals surface area contributed by atoms with Crippen LogP contribution in [0.15, 0.2) is 42.5 Å². The molecule has 0 aliphatic carbocycles. The Hall–Kier alpha value is -2.59. The number of rotatable bonds is 11. The van der Waals surface area contributed by atoms with Crippen molar-refractivity contribution in [1.29, 1.82) is 0 Å². The van der Waals surface area contributed by atoms with E-state index in [4.69, 9.17) is 9.47 Å². The summed E-state index contributed by atoms with van der Waals surface area (Å²) in [5, 5.41) is 10.6. The number of hydrogen-bond acceptors (Lipinski definition) is 4. The minimum Gasteiger partial charge on any atom is -0.489 e. The number of aryl methyl sites for hydroxylation is 2. The molecule has 4 nitrogen and oxygen atoms in total. The highest BCUT2D eigenvalue weighted by atomic mass is 16.6. The maximum atomic E-state index is 11.3. The van der Waals surface area contributed by atoms with E-state index in [-0.39, 0.29) is 17.5 Å². The molecule has 1 aliphatic rings. The predicted octanol–water partition coefficient (Wildman–Crippen LogP) is 7.06. The Kier molecular flexibility index (Phi) is 8.82. The maximum Gasteiger partial charge on any atom is 0.306 e. The van der Waals surface area contributed by atoms with Crippen LogP contribution in [0, 0.1) is 13.8 Å². The first-order chi connectivity index (χ1) is 16.7. The predicted molar refractivity (Wildman–Crippen MR) is 143 cm³/mol. The van der Waals surface area contributed by atoms with Crippen LogP contribution in [0.2, 0.25) is 0 Å². The molecule has 1 heterocycles. The molecule has 35 heavy (non-hydrogen) atoms. The Morgan fingerprint density at radius 2 is 1.60 bits per heavy atom. The molecule has 4 heteroatoms. The van der Waals surface area contributed by atoms with Gasteiger partial charge in [-0.15, -0.1) is 0 Å². The average molecular weight is 479 g/mol. The largest absolute Gasteiger partial charge is 0.489 e. The van der Waals surface area contributed by atoms with Crippen LogP contribution in [0.5, 0.6) is 5.75 Å². The third-order valence-corrected chi connectivity index (χ3v) is 7.95. The van der Waals surface area contributed by atoms with Crippen LogP contribution in [-0.2, 0) is 14.9 Å². The van der Waals surface area contributed by atoms with E-state index in [2.05, 4.69) is 70.2 Å². The van der Waals surface area contributed by atoms with Crippen molar-refractivity contribution in [3.05, 3.63) is 70.3 Å². The van der Waals surface area contributed by atoms with Crippen LogP contribution in [0.25, 0.3) is 6.08 Å². The number of cyclic esters (lactones) is 1. The summed E-state index contributed by atoms with van der Waals surface area (Å²) in [6, 6.07) is 13.2. The highest BCUT2D eigenvalue weighted by Gasteiger charge is 2.32. The van der Waals surface area contributed by atoms with Crippen LogP contribution < -0.4 is 4.74 Å². The monoisotopic (exact) mass is 478 g/mol. The van der Waals surface area contributed by atoms with Crippen molar-refractivity contribution in [2.45, 2.75) is 97.2 Å². The van der Waals surface area contributed by atoms with Crippen LogP contribution in [-0.4, -0.2) is 29.4 Å². The van der Waals surface area contributed by atoms with Gasteiger partial charge in [-0.05, 0) is 79.8 Å². The smallest absolute Gasteiger partial charge is 0.306 e. The van der Waals surface area contributed by atoms with Crippen molar-refractivity contribution >= 4 is 12.0 Å². The molecule has 2 aromatic carbocycles. The molecule has 190 valence electrons. The summed E-state index contributed by atoms with van der Waals surface area (Å²) in [4.78, 5) is 11.3. The Balaban J connectivity index is 1.86. The lowest BCUT2D eigenvalue weighted by molar-refractivity contribution is -0.142. The molecule has 1 N–H and O–H groups in total. The quantitative estimate of drug-likeness (QED) is 0.351. The maximum absolute atomic E-state index is 11.3. The zero-order valence-corrected chi connectivity index (χ0v) is 22.3. The lowest BCUT2D eigenvalue weighted by Crippen LogP contribution is -2.26. The minimum atomic E-state index is -0.748. The van der Waals surface area contributed by atoms with Gasteiger partial charge in [0.25, 0.3) is 0 Å². The van der Waals surface area contributed by atoms with Gasteiger partial charge in [0.15, 0.2) is 0 Å². The van der Waals surface area contributed by atoms with E-state index in [1.807, 2.05) is 19.9 Å². The van der Waals surface area contributed by atoms with E-state index >= 15 is 0 Å². The van der Waals surface area contributed by atoms with E-state index in [9.17, 15) is 9.90 Å². The molecular formula is C31H42O4. The fourth-order valence-corrected chi connectivity index (χ4v) is 5.12. The minimum absolute atomic E-state index is 0.0924. The van der Waals surface area contributed by atoms with Crippen molar-refractivity contribution in [2.24, 2.45) is 0 Å². The van der Waals surface area contributed by atoms with Crippen molar-refractivity contribution in [3.8, 4) is 5.75 Å². The van der Waals surface area contributed by atoms with Gasteiger partial charge in [0.05, 0.1) is 5.60 Å². The second kappa shape index (κ2) is 11.4. The summed E-state index contributed by atoms with van der Waals surface area (Å²) < 4.78 is 11.3. The van der Waals surface area contributed by atoms with Gasteiger partial charge in [0.1, 0.15) is 18.5 Å². The SMILES string of the molecule is CCC(O)(C=Cc1ccc(C(CC)(CC)c2ccc(OC[C@@H]3CCC(=O)O3)c(C)c2)cc1C)CC. The van der Waals surface area contributed by atoms with Crippen molar-refractivity contribution in [3.63, 3.8) is 0 Å². The Labute approximate surface area is 211 Å². The van der Waals surface area contributed by atoms with Gasteiger partial charge in [0, 0.05) is 11.8 Å². The van der Waals surface area contributed by atoms with E-state index in [1.54, 1.807) is 0 Å². The van der Waals surface area contributed by atoms with Gasteiger partial charge < -0.3 is 14.6 Å². The van der Waals surface area contributed by atoms with Gasteiger partial charge >= 0.3 is 5.97 Å². The van der Waals surface area contributed by atoms with E-state index < -0.39 is 5.60 Å². The molecule has 0 radical (unpaired) electrons. The van der Waals surface area contributed by atoms with Crippen LogP contribution in [0.3, 0.4) is 0 Å². The number of ether oxygens (including phenoxy) is 2. The van der Waals surface area contributed by atoms with E-state index in [0.717, 1.165) is 36.1 Å². The van der Waals surface area contributed by atoms with Gasteiger partial charge in [-0.2, -0.15) is 0 Å². The van der Waals surface area contributed by atoms with Crippen molar-refractivity contribution < 1.29 is 19.4 Å². The number of esters is 1. The number of benzene rings is 2. The van der Waals surface area contributed by atoms with E-state index in [1.165, 1.54) is 16.7 Å². The topological polar surface area (TPSA) is 55.8 Å². The summed E-state index contributed by atoms with van der Waals surface area (Å²) in [6.45, 7) is 13.2. The Bertz CT molecular complexity index is 1040. The summed E-state index contributed by atoms with van der Waals surface area (Å²) in [7, 11) is 0. The molecule has 0 spiro atoms. The highest BCUT2D eigenvalue weighted by molar-refractivity contribution is 5.71. The first kappa shape index (κ1) is 27.0. The number of carbonyl (C=O) groups is 1. The Morgan fingerprint density at radius 3 is 2.11 bits per heavy atom. The molecular weight excluding hydrogens is 436 g/mol. The fraction of sp³-hybridized carbons (Fsp3) is 0.516. The molecule has 0 unspecified atom stereocenters. The summed E-state index contributed by atoms with van der Waals surface area (Å²) in [5.74, 6) is 0.707. The van der Waals surface area contributed by atoms with E-state index in [0.29, 0.717) is 25.9 Å². The van der Waals surface area contributed by atoms with Gasteiger partial charge in [0.2, 0.25) is 0 Å². The summed E-state index contributed by atoms with van der Waals surface area (Å²) in [5.41, 5.74) is 5.20. The molecule has 2 aromatic rings. The lowest BCUT2D eigenvalue weighted by Gasteiger charge is -2.34. The summed E-state index contributed by atoms with van der Waals surface area (Å²) >= 11 is 0. The zero-order chi connectivity index (χ0) is 25.6. The molecule has 0 amide bonds. The second-order valence-electron chi connectivity index (χ2n) is 9.95. The summed E-state index contributed by atoms with van der Waals surface area (Å²) in [6.07, 6.45) is 8.45. The molecule has 1 saturated heterocycles. The number of aliphatic hydroxyl groups is 1. The van der Waals surface area contributed by atoms with Gasteiger partial charge in [-0.3, -0.25) is 4.79 Å². The first-order valence-electron chi connectivity index (χ1n) is 13.2. The van der Waals surface area contributed by atoms with Crippen molar-refractivity contribution in [2.75, 3.05) is 6.61 Å². The molecule has 1 atom stereocenters. The average Bonchev–Trinajstić information content (AvgIpc) is 3.28. The molecule has 3 rings (SSSR count). The van der Waals surface area contributed by atoms with Gasteiger partial charge in [-0.25, -0.2) is 0 Å². The third-order valence-electron chi connectivity index (χ3n) is 7.95. The third kappa shape index (κ3) is 5.98. The number of hydrogen-bond donors (Lipinski definition) is 1. The molecule has 0 saturated carbocycles. The standard InChI is InChI=1S/C31H42O4/c1-7-30(33,8-2)18-17-24-11-12-25(19-22(24)5)31(9-3,10-4)26-13-15-28(23(6)20-26)34-21-27-14-16-29(32)35-27/h11-13,15,17-20,27,33H,7-10,14,16,21H2,1-6H3/t27-/m0/s1. The molecule has 1 aliphatic heterocycles. The Morgan fingerprint density at radius 1 is 0.971 bits per heavy atom.